The Bertz CT molecular complexity index is 2760. The largest absolute Gasteiger partial charge is 0.309 e. The molecule has 0 radical (unpaired) electrons. The zero-order valence-corrected chi connectivity index (χ0v) is 28.3. The Labute approximate surface area is 295 Å². The number of fused-ring (bicyclic) bond motifs is 7. The van der Waals surface area contributed by atoms with Crippen LogP contribution < -0.4 is 0 Å². The van der Waals surface area contributed by atoms with Gasteiger partial charge in [-0.05, 0) is 87.7 Å². The molecule has 1 aliphatic carbocycles. The van der Waals surface area contributed by atoms with Gasteiger partial charge >= 0.3 is 0 Å². The van der Waals surface area contributed by atoms with Crippen LogP contribution in [0.25, 0.3) is 92.2 Å². The molecule has 2 heteroatoms. The quantitative estimate of drug-likeness (QED) is 0.174. The zero-order valence-electron chi connectivity index (χ0n) is 27.5. The van der Waals surface area contributed by atoms with E-state index in [2.05, 4.69) is 181 Å². The molecule has 2 aromatic heterocycles. The van der Waals surface area contributed by atoms with E-state index < -0.39 is 0 Å². The normalized spacial score (nSPS) is 13.1. The molecule has 0 fully saturated rings. The first-order valence-corrected chi connectivity index (χ1v) is 18.2. The highest BCUT2D eigenvalue weighted by Crippen LogP contribution is 2.49. The predicted octanol–water partition coefficient (Wildman–Crippen LogP) is 14.0. The smallest absolute Gasteiger partial charge is 0.0561 e. The van der Waals surface area contributed by atoms with Gasteiger partial charge in [0.2, 0.25) is 0 Å². The van der Waals surface area contributed by atoms with E-state index in [1.807, 2.05) is 11.3 Å². The number of rotatable bonds is 5. The van der Waals surface area contributed by atoms with Crippen molar-refractivity contribution in [2.75, 3.05) is 0 Å². The molecule has 0 bridgehead atoms. The minimum Gasteiger partial charge on any atom is -0.309 e. The van der Waals surface area contributed by atoms with E-state index >= 15 is 0 Å². The van der Waals surface area contributed by atoms with Gasteiger partial charge in [0.25, 0.3) is 0 Å². The lowest BCUT2D eigenvalue weighted by atomic mass is 9.95. The summed E-state index contributed by atoms with van der Waals surface area (Å²) in [6.07, 6.45) is 9.17. The van der Waals surface area contributed by atoms with Gasteiger partial charge in [-0.25, -0.2) is 0 Å². The summed E-state index contributed by atoms with van der Waals surface area (Å²) in [7, 11) is 0. The molecule has 10 rings (SSSR count). The average molecular weight is 656 g/mol. The molecule has 1 nitrogen and oxygen atoms in total. The molecular weight excluding hydrogens is 623 g/mol. The summed E-state index contributed by atoms with van der Waals surface area (Å²) in [6.45, 7) is 0. The number of thiophene rings is 1. The van der Waals surface area contributed by atoms with E-state index in [0.717, 1.165) is 12.8 Å². The fourth-order valence-corrected chi connectivity index (χ4v) is 9.06. The molecule has 0 N–H and O–H groups in total. The van der Waals surface area contributed by atoms with Crippen molar-refractivity contribution in [3.63, 3.8) is 0 Å². The summed E-state index contributed by atoms with van der Waals surface area (Å²) < 4.78 is 5.19. The lowest BCUT2D eigenvalue weighted by Crippen LogP contribution is -1.97. The summed E-state index contributed by atoms with van der Waals surface area (Å²) in [5.74, 6) is 0. The van der Waals surface area contributed by atoms with Crippen LogP contribution in [0.1, 0.15) is 12.8 Å². The van der Waals surface area contributed by atoms with Crippen molar-refractivity contribution in [3.8, 4) is 44.5 Å². The molecule has 0 saturated carbocycles. The van der Waals surface area contributed by atoms with Gasteiger partial charge in [-0.1, -0.05) is 146 Å². The third-order valence-corrected chi connectivity index (χ3v) is 11.4. The molecule has 0 unspecified atom stereocenters. The van der Waals surface area contributed by atoms with Crippen molar-refractivity contribution < 1.29 is 0 Å². The topological polar surface area (TPSA) is 4.93 Å². The Morgan fingerprint density at radius 3 is 1.70 bits per heavy atom. The highest BCUT2D eigenvalue weighted by molar-refractivity contribution is 7.27. The number of hydrogen-bond acceptors (Lipinski definition) is 1. The van der Waals surface area contributed by atoms with Crippen LogP contribution in [0.4, 0.5) is 0 Å². The van der Waals surface area contributed by atoms with E-state index in [1.54, 1.807) is 0 Å². The maximum Gasteiger partial charge on any atom is 0.0561 e. The van der Waals surface area contributed by atoms with E-state index in [4.69, 9.17) is 0 Å². The number of benzene rings is 7. The highest BCUT2D eigenvalue weighted by atomic mass is 32.1. The molecule has 1 aliphatic rings. The fourth-order valence-electron chi connectivity index (χ4n) is 7.80. The maximum atomic E-state index is 2.52. The summed E-state index contributed by atoms with van der Waals surface area (Å²) >= 11 is 1.93. The lowest BCUT2D eigenvalue weighted by Gasteiger charge is -2.14. The van der Waals surface area contributed by atoms with Gasteiger partial charge in [0.05, 0.1) is 11.0 Å². The average Bonchev–Trinajstić information content (AvgIpc) is 3.74. The first-order chi connectivity index (χ1) is 24.8. The second kappa shape index (κ2) is 11.9. The van der Waals surface area contributed by atoms with Crippen molar-refractivity contribution in [1.29, 1.82) is 0 Å². The van der Waals surface area contributed by atoms with Gasteiger partial charge in [-0.2, -0.15) is 0 Å². The van der Waals surface area contributed by atoms with Gasteiger partial charge in [0, 0.05) is 36.6 Å². The Morgan fingerprint density at radius 2 is 1.02 bits per heavy atom. The maximum absolute atomic E-state index is 2.52. The standard InChI is InChI=1S/C48H33NS/c1-5-13-32(14-6-1)34-21-23-35(24-22-34)38-25-27-40-43(30-38)49(39-19-11-4-12-20-39)44-31-41(36-17-9-3-10-18-36)46-42-29-37(33-15-7-2-8-16-33)26-28-45(42)50-48(46)47(40)44/h1-3,5-11,13-31H,4,12H2. The first kappa shape index (κ1) is 29.0. The van der Waals surface area contributed by atoms with Gasteiger partial charge in [-0.3, -0.25) is 0 Å². The van der Waals surface area contributed by atoms with E-state index in [-0.39, 0.29) is 0 Å². The molecule has 7 aromatic carbocycles. The summed E-state index contributed by atoms with van der Waals surface area (Å²) in [5, 5.41) is 5.29. The van der Waals surface area contributed by atoms with Gasteiger partial charge < -0.3 is 4.57 Å². The fraction of sp³-hybridized carbons (Fsp3) is 0.0417. The van der Waals surface area contributed by atoms with Crippen molar-refractivity contribution >= 4 is 59.0 Å². The Hall–Kier alpha value is -5.96. The second-order valence-corrected chi connectivity index (χ2v) is 14.2. The summed E-state index contributed by atoms with van der Waals surface area (Å²) in [4.78, 5) is 0. The van der Waals surface area contributed by atoms with E-state index in [0.29, 0.717) is 0 Å². The molecule has 50 heavy (non-hydrogen) atoms. The monoisotopic (exact) mass is 655 g/mol. The Morgan fingerprint density at radius 1 is 0.440 bits per heavy atom. The number of aromatic nitrogens is 1. The minimum absolute atomic E-state index is 1.05. The van der Waals surface area contributed by atoms with Crippen LogP contribution in [0.3, 0.4) is 0 Å². The van der Waals surface area contributed by atoms with Crippen LogP contribution in [-0.2, 0) is 0 Å². The van der Waals surface area contributed by atoms with Crippen LogP contribution >= 0.6 is 11.3 Å². The highest BCUT2D eigenvalue weighted by Gasteiger charge is 2.22. The Kier molecular flexibility index (Phi) is 6.89. The lowest BCUT2D eigenvalue weighted by molar-refractivity contribution is 1.02. The molecule has 9 aromatic rings. The molecule has 0 saturated heterocycles. The predicted molar refractivity (Wildman–Crippen MR) is 217 cm³/mol. The number of allylic oxidation sites excluding steroid dienone is 4. The van der Waals surface area contributed by atoms with Gasteiger partial charge in [-0.15, -0.1) is 11.3 Å². The second-order valence-electron chi connectivity index (χ2n) is 13.2. The molecule has 0 aliphatic heterocycles. The van der Waals surface area contributed by atoms with Gasteiger partial charge in [0.15, 0.2) is 0 Å². The molecule has 0 spiro atoms. The van der Waals surface area contributed by atoms with E-state index in [1.165, 1.54) is 92.2 Å². The SMILES string of the molecule is C1=CC(n2c3cc(-c4ccc(-c5ccccc5)cc4)ccc3c3c4sc5ccc(-c6ccccc6)cc5c4c(-c4ccccc4)cc32)=CCC1. The van der Waals surface area contributed by atoms with E-state index in [9.17, 15) is 0 Å². The van der Waals surface area contributed by atoms with Gasteiger partial charge in [0.1, 0.15) is 0 Å². The summed E-state index contributed by atoms with van der Waals surface area (Å²) in [6, 6.07) is 57.9. The molecule has 236 valence electrons. The van der Waals surface area contributed by atoms with Crippen LogP contribution in [0.5, 0.6) is 0 Å². The van der Waals surface area contributed by atoms with Crippen molar-refractivity contribution in [2.45, 2.75) is 12.8 Å². The molecule has 0 atom stereocenters. The van der Waals surface area contributed by atoms with Crippen molar-refractivity contribution in [2.24, 2.45) is 0 Å². The van der Waals surface area contributed by atoms with Crippen LogP contribution in [-0.4, -0.2) is 4.57 Å². The zero-order chi connectivity index (χ0) is 33.0. The molecule has 2 heterocycles. The van der Waals surface area contributed by atoms with Crippen LogP contribution in [0.2, 0.25) is 0 Å². The van der Waals surface area contributed by atoms with Crippen LogP contribution in [0, 0.1) is 0 Å². The number of hydrogen-bond donors (Lipinski definition) is 0. The minimum atomic E-state index is 1.05. The van der Waals surface area contributed by atoms with Crippen molar-refractivity contribution in [3.05, 3.63) is 176 Å². The third kappa shape index (κ3) is 4.75. The Balaban J connectivity index is 1.26. The summed E-state index contributed by atoms with van der Waals surface area (Å²) in [5.41, 5.74) is 13.7. The number of nitrogens with zero attached hydrogens (tertiary/aromatic N) is 1. The van der Waals surface area contributed by atoms with Crippen molar-refractivity contribution in [1.82, 2.24) is 4.57 Å². The molecule has 0 amide bonds. The first-order valence-electron chi connectivity index (χ1n) is 17.4. The van der Waals surface area contributed by atoms with Crippen LogP contribution in [0.15, 0.2) is 176 Å². The molecular formula is C48H33NS. The third-order valence-electron chi connectivity index (χ3n) is 10.2.